The number of aromatic nitrogens is 1. The quantitative estimate of drug-likeness (QED) is 0.547. The minimum atomic E-state index is 0.211. The van der Waals surface area contributed by atoms with Gasteiger partial charge in [0.25, 0.3) is 0 Å². The second-order valence-electron chi connectivity index (χ2n) is 5.49. The first-order valence-electron chi connectivity index (χ1n) is 7.56. The predicted molar refractivity (Wildman–Crippen MR) is 96.3 cm³/mol. The second-order valence-corrected chi connectivity index (χ2v) is 5.49. The normalized spacial score (nSPS) is 11.5. The van der Waals surface area contributed by atoms with Crippen LogP contribution in [0.4, 0.5) is 0 Å². The van der Waals surface area contributed by atoms with Gasteiger partial charge < -0.3 is 5.11 Å². The van der Waals surface area contributed by atoms with Crippen molar-refractivity contribution in [1.29, 1.82) is 0 Å². The zero-order valence-electron chi connectivity index (χ0n) is 12.5. The maximum Gasteiger partial charge on any atom is 0.141 e. The molecule has 0 atom stereocenters. The van der Waals surface area contributed by atoms with Crippen LogP contribution in [0.25, 0.3) is 33.8 Å². The van der Waals surface area contributed by atoms with Gasteiger partial charge in [-0.05, 0) is 34.5 Å². The number of phenolic OH excluding ortho intramolecular Hbond substituents is 1. The highest BCUT2D eigenvalue weighted by Crippen LogP contribution is 2.24. The monoisotopic (exact) mass is 297 g/mol. The fourth-order valence-electron chi connectivity index (χ4n) is 2.81. The van der Waals surface area contributed by atoms with Crippen molar-refractivity contribution in [3.05, 3.63) is 84.1 Å². The van der Waals surface area contributed by atoms with E-state index in [9.17, 15) is 5.11 Å². The van der Waals surface area contributed by atoms with Crippen LogP contribution in [0.2, 0.25) is 0 Å². The van der Waals surface area contributed by atoms with E-state index in [0.29, 0.717) is 5.52 Å². The summed E-state index contributed by atoms with van der Waals surface area (Å²) in [5.74, 6) is 0.211. The molecule has 0 aliphatic heterocycles. The van der Waals surface area contributed by atoms with Gasteiger partial charge in [-0.15, -0.1) is 0 Å². The minimum absolute atomic E-state index is 0.211. The molecule has 4 aromatic rings. The number of fused-ring (bicyclic) bond motifs is 2. The van der Waals surface area contributed by atoms with Gasteiger partial charge in [0.2, 0.25) is 0 Å². The van der Waals surface area contributed by atoms with Gasteiger partial charge in [0.1, 0.15) is 11.3 Å². The van der Waals surface area contributed by atoms with Crippen molar-refractivity contribution in [1.82, 2.24) is 4.98 Å². The SMILES string of the molecule is Oc1cccc2ccc(C=Cc3cccc4ccccc34)nc12. The van der Waals surface area contributed by atoms with Crippen LogP contribution < -0.4 is 0 Å². The number of nitrogens with zero attached hydrogens (tertiary/aromatic N) is 1. The third-order valence-corrected chi connectivity index (χ3v) is 3.98. The van der Waals surface area contributed by atoms with Crippen molar-refractivity contribution in [3.63, 3.8) is 0 Å². The van der Waals surface area contributed by atoms with Crippen LogP contribution in [0.3, 0.4) is 0 Å². The Hall–Kier alpha value is -3.13. The van der Waals surface area contributed by atoms with Crippen LogP contribution in [0.15, 0.2) is 72.8 Å². The number of hydrogen-bond acceptors (Lipinski definition) is 2. The average Bonchev–Trinajstić information content (AvgIpc) is 2.60. The molecule has 0 spiro atoms. The van der Waals surface area contributed by atoms with E-state index in [1.54, 1.807) is 6.07 Å². The number of aromatic hydroxyl groups is 1. The van der Waals surface area contributed by atoms with Crippen LogP contribution in [0.1, 0.15) is 11.3 Å². The zero-order valence-corrected chi connectivity index (χ0v) is 12.5. The molecule has 110 valence electrons. The van der Waals surface area contributed by atoms with Crippen molar-refractivity contribution in [2.75, 3.05) is 0 Å². The van der Waals surface area contributed by atoms with Crippen LogP contribution in [-0.4, -0.2) is 10.1 Å². The van der Waals surface area contributed by atoms with Crippen LogP contribution in [-0.2, 0) is 0 Å². The summed E-state index contributed by atoms with van der Waals surface area (Å²) in [6, 6.07) is 24.0. The number of para-hydroxylation sites is 1. The van der Waals surface area contributed by atoms with Crippen molar-refractivity contribution >= 4 is 33.8 Å². The molecule has 0 aliphatic carbocycles. The molecule has 0 fully saturated rings. The summed E-state index contributed by atoms with van der Waals surface area (Å²) >= 11 is 0. The maximum atomic E-state index is 9.94. The molecule has 0 unspecified atom stereocenters. The summed E-state index contributed by atoms with van der Waals surface area (Å²) in [6.07, 6.45) is 4.05. The van der Waals surface area contributed by atoms with Crippen molar-refractivity contribution < 1.29 is 5.11 Å². The van der Waals surface area contributed by atoms with E-state index in [1.165, 1.54) is 10.8 Å². The third-order valence-electron chi connectivity index (χ3n) is 3.98. The first kappa shape index (κ1) is 13.5. The van der Waals surface area contributed by atoms with E-state index in [2.05, 4.69) is 41.4 Å². The lowest BCUT2D eigenvalue weighted by atomic mass is 10.0. The Bertz CT molecular complexity index is 1030. The van der Waals surface area contributed by atoms with Crippen molar-refractivity contribution in [2.45, 2.75) is 0 Å². The van der Waals surface area contributed by atoms with Crippen LogP contribution in [0, 0.1) is 0 Å². The summed E-state index contributed by atoms with van der Waals surface area (Å²) in [4.78, 5) is 4.53. The molecule has 23 heavy (non-hydrogen) atoms. The van der Waals surface area contributed by atoms with Gasteiger partial charge in [0, 0.05) is 5.39 Å². The Morgan fingerprint density at radius 1 is 0.696 bits per heavy atom. The Kier molecular flexibility index (Phi) is 3.28. The molecule has 1 heterocycles. The number of phenols is 1. The van der Waals surface area contributed by atoms with E-state index < -0.39 is 0 Å². The topological polar surface area (TPSA) is 33.1 Å². The lowest BCUT2D eigenvalue weighted by molar-refractivity contribution is 0.480. The lowest BCUT2D eigenvalue weighted by Crippen LogP contribution is -1.84. The van der Waals surface area contributed by atoms with E-state index in [1.807, 2.05) is 42.5 Å². The Morgan fingerprint density at radius 2 is 1.48 bits per heavy atom. The fourth-order valence-corrected chi connectivity index (χ4v) is 2.81. The van der Waals surface area contributed by atoms with E-state index >= 15 is 0 Å². The smallest absolute Gasteiger partial charge is 0.141 e. The summed E-state index contributed by atoms with van der Waals surface area (Å²) in [7, 11) is 0. The number of benzene rings is 3. The highest BCUT2D eigenvalue weighted by Gasteiger charge is 2.01. The standard InChI is InChI=1S/C21H15NO/c23-20-10-4-8-17-12-14-18(22-21(17)20)13-11-16-7-3-6-15-5-1-2-9-19(15)16/h1-14,23H. The molecule has 1 aromatic heterocycles. The van der Waals surface area contributed by atoms with Crippen molar-refractivity contribution in [2.24, 2.45) is 0 Å². The number of hydrogen-bond donors (Lipinski definition) is 1. The van der Waals surface area contributed by atoms with Crippen molar-refractivity contribution in [3.8, 4) is 5.75 Å². The molecule has 0 amide bonds. The Morgan fingerprint density at radius 3 is 2.43 bits per heavy atom. The molecule has 0 saturated heterocycles. The molecule has 2 nitrogen and oxygen atoms in total. The van der Waals surface area contributed by atoms with Gasteiger partial charge in [0.15, 0.2) is 0 Å². The highest BCUT2D eigenvalue weighted by atomic mass is 16.3. The fraction of sp³-hybridized carbons (Fsp3) is 0. The van der Waals surface area contributed by atoms with Crippen LogP contribution >= 0.6 is 0 Å². The van der Waals surface area contributed by atoms with E-state index in [4.69, 9.17) is 0 Å². The molecule has 3 aromatic carbocycles. The molecule has 0 radical (unpaired) electrons. The molecule has 4 rings (SSSR count). The number of pyridine rings is 1. The van der Waals surface area contributed by atoms with E-state index in [0.717, 1.165) is 16.6 Å². The molecule has 1 N–H and O–H groups in total. The second kappa shape index (κ2) is 5.58. The maximum absolute atomic E-state index is 9.94. The Balaban J connectivity index is 1.77. The molecule has 0 saturated carbocycles. The largest absolute Gasteiger partial charge is 0.506 e. The lowest BCUT2D eigenvalue weighted by Gasteiger charge is -2.03. The highest BCUT2D eigenvalue weighted by molar-refractivity contribution is 5.93. The molecular formula is C21H15NO. The molecule has 2 heteroatoms. The van der Waals surface area contributed by atoms with Crippen LogP contribution in [0.5, 0.6) is 5.75 Å². The van der Waals surface area contributed by atoms with Gasteiger partial charge >= 0.3 is 0 Å². The molecular weight excluding hydrogens is 282 g/mol. The summed E-state index contributed by atoms with van der Waals surface area (Å²) in [6.45, 7) is 0. The number of rotatable bonds is 2. The average molecular weight is 297 g/mol. The minimum Gasteiger partial charge on any atom is -0.506 e. The zero-order chi connectivity index (χ0) is 15.6. The first-order chi connectivity index (χ1) is 11.3. The van der Waals surface area contributed by atoms with Gasteiger partial charge in [-0.3, -0.25) is 0 Å². The first-order valence-corrected chi connectivity index (χ1v) is 7.56. The van der Waals surface area contributed by atoms with E-state index in [-0.39, 0.29) is 5.75 Å². The van der Waals surface area contributed by atoms with Gasteiger partial charge in [0.05, 0.1) is 5.69 Å². The molecule has 0 aliphatic rings. The summed E-state index contributed by atoms with van der Waals surface area (Å²) in [5.41, 5.74) is 2.61. The third kappa shape index (κ3) is 2.55. The van der Waals surface area contributed by atoms with Gasteiger partial charge in [-0.25, -0.2) is 4.98 Å². The molecule has 0 bridgehead atoms. The predicted octanol–water partition coefficient (Wildman–Crippen LogP) is 5.26. The van der Waals surface area contributed by atoms with Gasteiger partial charge in [-0.2, -0.15) is 0 Å². The van der Waals surface area contributed by atoms with Gasteiger partial charge in [-0.1, -0.05) is 66.7 Å². The summed E-state index contributed by atoms with van der Waals surface area (Å²) < 4.78 is 0. The Labute approximate surface area is 134 Å². The summed E-state index contributed by atoms with van der Waals surface area (Å²) in [5, 5.41) is 13.3.